The van der Waals surface area contributed by atoms with Gasteiger partial charge in [0, 0.05) is 13.1 Å². The lowest BCUT2D eigenvalue weighted by Gasteiger charge is -2.41. The van der Waals surface area contributed by atoms with Crippen molar-refractivity contribution in [3.05, 3.63) is 0 Å². The summed E-state index contributed by atoms with van der Waals surface area (Å²) < 4.78 is 4.92. The molecule has 1 rings (SSSR count). The van der Waals surface area contributed by atoms with Crippen LogP contribution in [0.5, 0.6) is 0 Å². The van der Waals surface area contributed by atoms with Gasteiger partial charge in [0.05, 0.1) is 18.6 Å². The molecule has 1 fully saturated rings. The number of methoxy groups -OCH3 is 1. The summed E-state index contributed by atoms with van der Waals surface area (Å²) in [6, 6.07) is -0.0787. The van der Waals surface area contributed by atoms with Crippen molar-refractivity contribution in [2.24, 2.45) is 11.3 Å². The molecular weight excluding hydrogens is 268 g/mol. The van der Waals surface area contributed by atoms with Gasteiger partial charge in [0.15, 0.2) is 0 Å². The van der Waals surface area contributed by atoms with Crippen molar-refractivity contribution >= 4 is 11.9 Å². The van der Waals surface area contributed by atoms with Gasteiger partial charge in [0.25, 0.3) is 0 Å². The van der Waals surface area contributed by atoms with Gasteiger partial charge in [-0.15, -0.1) is 0 Å². The van der Waals surface area contributed by atoms with E-state index in [0.29, 0.717) is 6.54 Å². The number of amides is 1. The van der Waals surface area contributed by atoms with Crippen molar-refractivity contribution in [1.29, 1.82) is 0 Å². The highest BCUT2D eigenvalue weighted by Gasteiger charge is 2.41. The monoisotopic (exact) mass is 298 g/mol. The molecule has 0 bridgehead atoms. The number of likely N-dealkylation sites (N-methyl/N-ethyl adjacent to an activating group) is 1. The van der Waals surface area contributed by atoms with Crippen molar-refractivity contribution in [3.8, 4) is 0 Å². The maximum absolute atomic E-state index is 12.7. The molecule has 0 aromatic heterocycles. The van der Waals surface area contributed by atoms with E-state index < -0.39 is 5.41 Å². The summed E-state index contributed by atoms with van der Waals surface area (Å²) in [5, 5.41) is 0. The number of ether oxygens (including phenoxy) is 1. The highest BCUT2D eigenvalue weighted by Crippen LogP contribution is 2.35. The molecule has 0 aromatic rings. The zero-order valence-electron chi connectivity index (χ0n) is 14.3. The maximum Gasteiger partial charge on any atom is 0.311 e. The molecule has 1 heterocycles. The van der Waals surface area contributed by atoms with Gasteiger partial charge >= 0.3 is 5.97 Å². The molecule has 0 spiro atoms. The third-order valence-corrected chi connectivity index (χ3v) is 4.76. The minimum absolute atomic E-state index is 0.0787. The molecule has 0 saturated carbocycles. The molecule has 5 heteroatoms. The fourth-order valence-electron chi connectivity index (χ4n) is 3.17. The highest BCUT2D eigenvalue weighted by molar-refractivity contribution is 5.82. The Bertz CT molecular complexity index is 380. The number of carbonyl (C=O) groups excluding carboxylic acids is 2. The van der Waals surface area contributed by atoms with E-state index in [4.69, 9.17) is 4.74 Å². The van der Waals surface area contributed by atoms with Gasteiger partial charge in [0.2, 0.25) is 5.91 Å². The van der Waals surface area contributed by atoms with Gasteiger partial charge in [-0.25, -0.2) is 0 Å². The molecule has 21 heavy (non-hydrogen) atoms. The number of hydrogen-bond donors (Lipinski definition) is 0. The topological polar surface area (TPSA) is 49.9 Å². The van der Waals surface area contributed by atoms with Crippen LogP contribution in [0.15, 0.2) is 0 Å². The zero-order chi connectivity index (χ0) is 16.2. The summed E-state index contributed by atoms with van der Waals surface area (Å²) in [6.45, 7) is 7.30. The number of hydrogen-bond acceptors (Lipinski definition) is 4. The van der Waals surface area contributed by atoms with Crippen LogP contribution >= 0.6 is 0 Å². The predicted molar refractivity (Wildman–Crippen MR) is 82.9 cm³/mol. The number of rotatable bonds is 5. The van der Waals surface area contributed by atoms with Crippen molar-refractivity contribution in [2.75, 3.05) is 34.3 Å². The molecule has 122 valence electrons. The van der Waals surface area contributed by atoms with Gasteiger partial charge in [-0.2, -0.15) is 0 Å². The fourth-order valence-corrected chi connectivity index (χ4v) is 3.17. The van der Waals surface area contributed by atoms with Crippen molar-refractivity contribution in [1.82, 2.24) is 9.80 Å². The average molecular weight is 298 g/mol. The Morgan fingerprint density at radius 3 is 2.48 bits per heavy atom. The lowest BCUT2D eigenvalue weighted by molar-refractivity contribution is -0.157. The minimum atomic E-state index is -0.548. The number of likely N-dealkylation sites (tertiary alicyclic amines) is 1. The van der Waals surface area contributed by atoms with Crippen LogP contribution in [0.1, 0.15) is 40.0 Å². The minimum Gasteiger partial charge on any atom is -0.469 e. The second kappa shape index (κ2) is 7.25. The Hall–Kier alpha value is -1.10. The van der Waals surface area contributed by atoms with Crippen LogP contribution in [-0.2, 0) is 14.3 Å². The number of nitrogens with zero attached hydrogens (tertiary/aromatic N) is 2. The largest absolute Gasteiger partial charge is 0.469 e. The summed E-state index contributed by atoms with van der Waals surface area (Å²) in [5.74, 6) is 0.136. The van der Waals surface area contributed by atoms with E-state index in [1.54, 1.807) is 0 Å². The molecule has 1 aliphatic heterocycles. The normalized spacial score (nSPS) is 21.3. The Kier molecular flexibility index (Phi) is 6.20. The molecule has 0 aromatic carbocycles. The van der Waals surface area contributed by atoms with Gasteiger partial charge in [-0.3, -0.25) is 14.5 Å². The Morgan fingerprint density at radius 1 is 1.38 bits per heavy atom. The van der Waals surface area contributed by atoms with Crippen LogP contribution in [0.2, 0.25) is 0 Å². The molecule has 0 aliphatic carbocycles. The first-order valence-electron chi connectivity index (χ1n) is 7.79. The van der Waals surface area contributed by atoms with E-state index in [1.165, 1.54) is 7.11 Å². The summed E-state index contributed by atoms with van der Waals surface area (Å²) >= 11 is 0. The first kappa shape index (κ1) is 18.0. The van der Waals surface area contributed by atoms with Crippen LogP contribution in [0.25, 0.3) is 0 Å². The van der Waals surface area contributed by atoms with Gasteiger partial charge in [-0.05, 0) is 53.1 Å². The van der Waals surface area contributed by atoms with Crippen LogP contribution in [-0.4, -0.2) is 62.0 Å². The van der Waals surface area contributed by atoms with Crippen LogP contribution in [0.4, 0.5) is 0 Å². The van der Waals surface area contributed by atoms with Crippen molar-refractivity contribution in [3.63, 3.8) is 0 Å². The molecule has 0 unspecified atom stereocenters. The zero-order valence-corrected chi connectivity index (χ0v) is 14.3. The molecule has 2 atom stereocenters. The molecule has 1 saturated heterocycles. The van der Waals surface area contributed by atoms with Gasteiger partial charge < -0.3 is 9.64 Å². The van der Waals surface area contributed by atoms with E-state index in [2.05, 4.69) is 0 Å². The SMILES string of the molecule is CC[C@@H](C(=O)N1CCC[C@@H](C(C)(C)C(=O)OC)C1)N(C)C. The van der Waals surface area contributed by atoms with Gasteiger partial charge in [-0.1, -0.05) is 6.92 Å². The Labute approximate surface area is 128 Å². The molecule has 1 amide bonds. The number of esters is 1. The molecule has 0 radical (unpaired) electrons. The van der Waals surface area contributed by atoms with E-state index in [0.717, 1.165) is 25.8 Å². The first-order valence-corrected chi connectivity index (χ1v) is 7.79. The number of carbonyl (C=O) groups is 2. The van der Waals surface area contributed by atoms with Gasteiger partial charge in [0.1, 0.15) is 0 Å². The molecule has 5 nitrogen and oxygen atoms in total. The van der Waals surface area contributed by atoms with Crippen molar-refractivity contribution < 1.29 is 14.3 Å². The quantitative estimate of drug-likeness (QED) is 0.726. The lowest BCUT2D eigenvalue weighted by Crippen LogP contribution is -2.52. The van der Waals surface area contributed by atoms with Crippen LogP contribution in [0.3, 0.4) is 0 Å². The highest BCUT2D eigenvalue weighted by atomic mass is 16.5. The number of piperidine rings is 1. The average Bonchev–Trinajstić information content (AvgIpc) is 2.46. The molecule has 0 N–H and O–H groups in total. The van der Waals surface area contributed by atoms with E-state index >= 15 is 0 Å². The third kappa shape index (κ3) is 3.96. The second-order valence-electron chi connectivity index (χ2n) is 6.72. The smallest absolute Gasteiger partial charge is 0.311 e. The summed E-state index contributed by atoms with van der Waals surface area (Å²) in [4.78, 5) is 28.5. The first-order chi connectivity index (χ1) is 9.75. The fraction of sp³-hybridized carbons (Fsp3) is 0.875. The Balaban J connectivity index is 2.81. The summed E-state index contributed by atoms with van der Waals surface area (Å²) in [6.07, 6.45) is 2.71. The van der Waals surface area contributed by atoms with E-state index in [9.17, 15) is 9.59 Å². The predicted octanol–water partition coefficient (Wildman–Crippen LogP) is 1.76. The summed E-state index contributed by atoms with van der Waals surface area (Å²) in [7, 11) is 5.30. The molecule has 1 aliphatic rings. The van der Waals surface area contributed by atoms with E-state index in [1.807, 2.05) is 44.7 Å². The van der Waals surface area contributed by atoms with Crippen LogP contribution < -0.4 is 0 Å². The van der Waals surface area contributed by atoms with Crippen LogP contribution in [0, 0.1) is 11.3 Å². The second-order valence-corrected chi connectivity index (χ2v) is 6.72. The van der Waals surface area contributed by atoms with Crippen molar-refractivity contribution in [2.45, 2.75) is 46.1 Å². The Morgan fingerprint density at radius 2 is 2.00 bits per heavy atom. The molecular formula is C16H30N2O3. The summed E-state index contributed by atoms with van der Waals surface area (Å²) in [5.41, 5.74) is -0.548. The maximum atomic E-state index is 12.7. The van der Waals surface area contributed by atoms with E-state index in [-0.39, 0.29) is 23.8 Å². The third-order valence-electron chi connectivity index (χ3n) is 4.76. The standard InChI is InChI=1S/C16H30N2O3/c1-7-13(17(4)5)14(19)18-10-8-9-12(11-18)16(2,3)15(20)21-6/h12-13H,7-11H2,1-6H3/t12-,13+/m1/s1. The lowest BCUT2D eigenvalue weighted by atomic mass is 9.74.